The average molecular weight is 230 g/mol. The highest BCUT2D eigenvalue weighted by Crippen LogP contribution is 2.29. The molecule has 0 aliphatic carbocycles. The second kappa shape index (κ2) is 3.24. The van der Waals surface area contributed by atoms with Crippen LogP contribution < -0.4 is 5.73 Å². The van der Waals surface area contributed by atoms with Crippen molar-refractivity contribution in [2.24, 2.45) is 0 Å². The van der Waals surface area contributed by atoms with Crippen molar-refractivity contribution in [1.82, 2.24) is 15.0 Å². The molecule has 0 spiro atoms. The first-order valence-electron chi connectivity index (χ1n) is 3.41. The Bertz CT molecular complexity index is 500. The van der Waals surface area contributed by atoms with Crippen LogP contribution in [0.2, 0.25) is 0 Å². The van der Waals surface area contributed by atoms with Crippen LogP contribution in [0.5, 0.6) is 0 Å². The molecule has 2 rings (SSSR count). The highest BCUT2D eigenvalue weighted by atomic mass is 32.2. The predicted octanol–water partition coefficient (Wildman–Crippen LogP) is 2.05. The fraction of sp³-hybridized carbons (Fsp3) is 0.167. The molecular weight excluding hydrogens is 224 g/mol. The van der Waals surface area contributed by atoms with Crippen molar-refractivity contribution in [2.75, 3.05) is 12.0 Å². The Morgan fingerprint density at radius 1 is 1.54 bits per heavy atom. The van der Waals surface area contributed by atoms with E-state index in [0.29, 0.717) is 16.2 Å². The first-order valence-corrected chi connectivity index (χ1v) is 5.86. The lowest BCUT2D eigenvalue weighted by atomic mass is 10.6. The molecule has 4 nitrogen and oxygen atoms in total. The number of nitrogen functional groups attached to an aromatic ring is 1. The summed E-state index contributed by atoms with van der Waals surface area (Å²) in [6.45, 7) is 0. The van der Waals surface area contributed by atoms with Crippen LogP contribution in [-0.4, -0.2) is 21.2 Å². The van der Waals surface area contributed by atoms with Crippen molar-refractivity contribution < 1.29 is 0 Å². The van der Waals surface area contributed by atoms with E-state index in [-0.39, 0.29) is 0 Å². The Hall–Kier alpha value is -0.660. The molecule has 0 amide bonds. The van der Waals surface area contributed by atoms with E-state index in [9.17, 15) is 0 Å². The number of thioether (sulfide) groups is 1. The van der Waals surface area contributed by atoms with Gasteiger partial charge >= 0.3 is 0 Å². The zero-order valence-corrected chi connectivity index (χ0v) is 9.15. The van der Waals surface area contributed by atoms with E-state index in [1.807, 2.05) is 6.26 Å². The van der Waals surface area contributed by atoms with Crippen LogP contribution in [0.4, 0.5) is 5.82 Å². The SMILES string of the molecule is CSc1nc2nc(=S)[nH]c(N)c2s1. The summed E-state index contributed by atoms with van der Waals surface area (Å²) in [6, 6.07) is 0. The van der Waals surface area contributed by atoms with Gasteiger partial charge in [0.05, 0.1) is 0 Å². The molecule has 0 unspecified atom stereocenters. The molecule has 7 heteroatoms. The van der Waals surface area contributed by atoms with E-state index in [1.165, 1.54) is 11.3 Å². The third-order valence-corrected chi connectivity index (χ3v) is 3.71. The normalized spacial score (nSPS) is 10.8. The molecule has 0 aliphatic heterocycles. The molecular formula is C6H6N4S3. The number of anilines is 1. The Kier molecular flexibility index (Phi) is 2.22. The van der Waals surface area contributed by atoms with E-state index < -0.39 is 0 Å². The number of hydrogen-bond donors (Lipinski definition) is 2. The first-order chi connectivity index (χ1) is 6.20. The van der Waals surface area contributed by atoms with Gasteiger partial charge in [0.15, 0.2) is 14.8 Å². The Balaban J connectivity index is 2.83. The van der Waals surface area contributed by atoms with E-state index >= 15 is 0 Å². The molecule has 2 aromatic heterocycles. The van der Waals surface area contributed by atoms with Crippen LogP contribution in [0.1, 0.15) is 0 Å². The molecule has 0 saturated heterocycles. The lowest BCUT2D eigenvalue weighted by Gasteiger charge is -1.91. The maximum atomic E-state index is 5.72. The summed E-state index contributed by atoms with van der Waals surface area (Å²) >= 11 is 7.98. The van der Waals surface area contributed by atoms with Gasteiger partial charge in [-0.05, 0) is 18.5 Å². The fourth-order valence-electron chi connectivity index (χ4n) is 0.928. The first kappa shape index (κ1) is 8.92. The smallest absolute Gasteiger partial charge is 0.200 e. The van der Waals surface area contributed by atoms with Crippen LogP contribution >= 0.6 is 35.3 Å². The second-order valence-electron chi connectivity index (χ2n) is 2.29. The third kappa shape index (κ3) is 1.54. The van der Waals surface area contributed by atoms with Crippen LogP contribution in [0.3, 0.4) is 0 Å². The van der Waals surface area contributed by atoms with Gasteiger partial charge in [-0.25, -0.2) is 4.98 Å². The number of nitrogens with one attached hydrogen (secondary N) is 1. The van der Waals surface area contributed by atoms with Crippen LogP contribution in [0.15, 0.2) is 4.34 Å². The molecule has 2 aromatic rings. The van der Waals surface area contributed by atoms with Gasteiger partial charge in [-0.2, -0.15) is 4.98 Å². The van der Waals surface area contributed by atoms with Crippen molar-refractivity contribution >= 4 is 51.5 Å². The average Bonchev–Trinajstić information content (AvgIpc) is 2.47. The number of hydrogen-bond acceptors (Lipinski definition) is 6. The Morgan fingerprint density at radius 2 is 2.31 bits per heavy atom. The number of rotatable bonds is 1. The molecule has 0 atom stereocenters. The highest BCUT2D eigenvalue weighted by molar-refractivity contribution is 8.00. The van der Waals surface area contributed by atoms with Crippen molar-refractivity contribution in [2.45, 2.75) is 4.34 Å². The molecule has 0 aliphatic rings. The molecule has 0 bridgehead atoms. The van der Waals surface area contributed by atoms with Gasteiger partial charge in [0, 0.05) is 0 Å². The van der Waals surface area contributed by atoms with Crippen LogP contribution in [0, 0.1) is 4.77 Å². The summed E-state index contributed by atoms with van der Waals surface area (Å²) < 4.78 is 2.20. The molecule has 0 radical (unpaired) electrons. The molecule has 0 fully saturated rings. The molecule has 3 N–H and O–H groups in total. The number of aromatic nitrogens is 3. The van der Waals surface area contributed by atoms with E-state index in [2.05, 4.69) is 15.0 Å². The minimum atomic E-state index is 0.378. The third-order valence-electron chi connectivity index (χ3n) is 1.46. The maximum Gasteiger partial charge on any atom is 0.200 e. The van der Waals surface area contributed by atoms with Gasteiger partial charge in [0.25, 0.3) is 0 Å². The predicted molar refractivity (Wildman–Crippen MR) is 58.8 cm³/mol. The fourth-order valence-corrected chi connectivity index (χ4v) is 2.54. The number of nitrogens with two attached hydrogens (primary N) is 1. The highest BCUT2D eigenvalue weighted by Gasteiger charge is 2.07. The number of nitrogens with zero attached hydrogens (tertiary/aromatic N) is 2. The molecule has 68 valence electrons. The van der Waals surface area contributed by atoms with Crippen molar-refractivity contribution in [3.05, 3.63) is 4.77 Å². The second-order valence-corrected chi connectivity index (χ2v) is 4.73. The zero-order valence-electron chi connectivity index (χ0n) is 6.70. The number of fused-ring (bicyclic) bond motifs is 1. The van der Waals surface area contributed by atoms with Crippen molar-refractivity contribution in [1.29, 1.82) is 0 Å². The van der Waals surface area contributed by atoms with Gasteiger partial charge in [0.2, 0.25) is 0 Å². The topological polar surface area (TPSA) is 67.6 Å². The standard InChI is InChI=1S/C6H6N4S3/c1-12-6-10-4-2(13-6)3(7)8-5(11)9-4/h1H3,(H3,7,8,9,11). The minimum absolute atomic E-state index is 0.378. The summed E-state index contributed by atoms with van der Waals surface area (Å²) in [5.74, 6) is 0.549. The summed E-state index contributed by atoms with van der Waals surface area (Å²) in [4.78, 5) is 11.1. The maximum absolute atomic E-state index is 5.72. The quantitative estimate of drug-likeness (QED) is 0.579. The van der Waals surface area contributed by atoms with Gasteiger partial charge in [-0.15, -0.1) is 11.3 Å². The largest absolute Gasteiger partial charge is 0.384 e. The number of H-pyrrole nitrogens is 1. The lowest BCUT2D eigenvalue weighted by Crippen LogP contribution is -1.92. The Morgan fingerprint density at radius 3 is 3.00 bits per heavy atom. The summed E-state index contributed by atoms with van der Waals surface area (Å²) in [6.07, 6.45) is 1.96. The van der Waals surface area contributed by atoms with Crippen molar-refractivity contribution in [3.63, 3.8) is 0 Å². The van der Waals surface area contributed by atoms with E-state index in [1.54, 1.807) is 11.8 Å². The number of aromatic amines is 1. The van der Waals surface area contributed by atoms with Crippen LogP contribution in [0.25, 0.3) is 10.3 Å². The van der Waals surface area contributed by atoms with E-state index in [0.717, 1.165) is 9.04 Å². The molecule has 0 aromatic carbocycles. The minimum Gasteiger partial charge on any atom is -0.384 e. The van der Waals surface area contributed by atoms with E-state index in [4.69, 9.17) is 18.0 Å². The summed E-state index contributed by atoms with van der Waals surface area (Å²) in [7, 11) is 0. The van der Waals surface area contributed by atoms with Gasteiger partial charge < -0.3 is 10.7 Å². The van der Waals surface area contributed by atoms with Gasteiger partial charge in [0.1, 0.15) is 10.5 Å². The number of thiazole rings is 1. The van der Waals surface area contributed by atoms with Gasteiger partial charge in [-0.3, -0.25) is 0 Å². The zero-order chi connectivity index (χ0) is 9.42. The monoisotopic (exact) mass is 230 g/mol. The summed E-state index contributed by atoms with van der Waals surface area (Å²) in [5.41, 5.74) is 6.36. The summed E-state index contributed by atoms with van der Waals surface area (Å²) in [5, 5.41) is 0. The van der Waals surface area contributed by atoms with Crippen molar-refractivity contribution in [3.8, 4) is 0 Å². The molecule has 13 heavy (non-hydrogen) atoms. The molecule has 2 heterocycles. The Labute approximate surface area is 87.6 Å². The molecule has 0 saturated carbocycles. The lowest BCUT2D eigenvalue weighted by molar-refractivity contribution is 1.15. The van der Waals surface area contributed by atoms with Gasteiger partial charge in [-0.1, -0.05) is 11.8 Å². The van der Waals surface area contributed by atoms with Crippen LogP contribution in [-0.2, 0) is 0 Å².